The van der Waals surface area contributed by atoms with Crippen LogP contribution in [0.1, 0.15) is 24.0 Å². The zero-order valence-corrected chi connectivity index (χ0v) is 15.1. The maximum atomic E-state index is 13.7. The molecule has 0 radical (unpaired) electrons. The second-order valence-electron chi connectivity index (χ2n) is 6.57. The lowest BCUT2D eigenvalue weighted by Crippen LogP contribution is -2.44. The Hall–Kier alpha value is -1.83. The van der Waals surface area contributed by atoms with Crippen LogP contribution in [-0.4, -0.2) is 28.2 Å². The number of halogens is 2. The summed E-state index contributed by atoms with van der Waals surface area (Å²) in [4.78, 5) is 0. The first-order valence-electron chi connectivity index (χ1n) is 8.45. The molecule has 0 aliphatic carbocycles. The molecule has 3 rings (SSSR count). The predicted octanol–water partition coefficient (Wildman–Crippen LogP) is 3.13. The van der Waals surface area contributed by atoms with Gasteiger partial charge in [0, 0.05) is 30.7 Å². The highest BCUT2D eigenvalue weighted by atomic mass is 32.2. The topological polar surface area (TPSA) is 55.4 Å². The number of hydrogen-bond donors (Lipinski definition) is 1. The second-order valence-corrected chi connectivity index (χ2v) is 8.38. The molecule has 7 heteroatoms. The van der Waals surface area contributed by atoms with Crippen molar-refractivity contribution in [3.63, 3.8) is 0 Å². The lowest BCUT2D eigenvalue weighted by atomic mass is 9.74. The van der Waals surface area contributed by atoms with Crippen molar-refractivity contribution in [3.05, 3.63) is 71.3 Å². The second kappa shape index (κ2) is 7.82. The van der Waals surface area contributed by atoms with Gasteiger partial charge in [0.05, 0.1) is 5.75 Å². The van der Waals surface area contributed by atoms with Gasteiger partial charge in [-0.2, -0.15) is 0 Å². The molecule has 1 aliphatic rings. The molecule has 26 heavy (non-hydrogen) atoms. The highest BCUT2D eigenvalue weighted by Gasteiger charge is 2.35. The van der Waals surface area contributed by atoms with Gasteiger partial charge in [0.25, 0.3) is 0 Å². The fourth-order valence-electron chi connectivity index (χ4n) is 3.25. The smallest absolute Gasteiger partial charge is 0.215 e. The molecule has 1 saturated heterocycles. The van der Waals surface area contributed by atoms with Crippen LogP contribution in [0.15, 0.2) is 48.5 Å². The van der Waals surface area contributed by atoms with Crippen LogP contribution in [0.4, 0.5) is 8.78 Å². The summed E-state index contributed by atoms with van der Waals surface area (Å²) in [6, 6.07) is 11.9. The molecule has 1 aliphatic heterocycles. The van der Waals surface area contributed by atoms with Gasteiger partial charge in [-0.25, -0.2) is 21.9 Å². The lowest BCUT2D eigenvalue weighted by Gasteiger charge is -2.38. The molecule has 0 atom stereocenters. The van der Waals surface area contributed by atoms with E-state index in [0.29, 0.717) is 26.1 Å². The van der Waals surface area contributed by atoms with Crippen LogP contribution in [0.2, 0.25) is 0 Å². The van der Waals surface area contributed by atoms with Crippen molar-refractivity contribution in [1.82, 2.24) is 4.72 Å². The number of benzene rings is 2. The Morgan fingerprint density at radius 3 is 2.31 bits per heavy atom. The minimum atomic E-state index is -3.72. The van der Waals surface area contributed by atoms with E-state index in [2.05, 4.69) is 4.72 Å². The van der Waals surface area contributed by atoms with Gasteiger partial charge in [0.15, 0.2) is 0 Å². The maximum absolute atomic E-state index is 13.7. The van der Waals surface area contributed by atoms with Crippen molar-refractivity contribution in [2.75, 3.05) is 19.8 Å². The molecule has 0 amide bonds. The van der Waals surface area contributed by atoms with Crippen LogP contribution in [-0.2, 0) is 25.9 Å². The Bertz CT molecular complexity index is 847. The van der Waals surface area contributed by atoms with Crippen molar-refractivity contribution in [1.29, 1.82) is 0 Å². The van der Waals surface area contributed by atoms with Crippen LogP contribution >= 0.6 is 0 Å². The molecule has 1 fully saturated rings. The average molecular weight is 381 g/mol. The molecular formula is C19H21F2NO3S. The van der Waals surface area contributed by atoms with Crippen molar-refractivity contribution in [2.24, 2.45) is 0 Å². The van der Waals surface area contributed by atoms with Gasteiger partial charge in [-0.15, -0.1) is 0 Å². The van der Waals surface area contributed by atoms with E-state index in [1.54, 1.807) is 18.2 Å². The van der Waals surface area contributed by atoms with Crippen LogP contribution in [0.5, 0.6) is 0 Å². The van der Waals surface area contributed by atoms with E-state index in [4.69, 9.17) is 4.74 Å². The zero-order valence-electron chi connectivity index (χ0n) is 14.3. The van der Waals surface area contributed by atoms with Crippen LogP contribution in [0.25, 0.3) is 0 Å². The first-order valence-corrected chi connectivity index (χ1v) is 10.1. The molecule has 1 N–H and O–H groups in total. The Kier molecular flexibility index (Phi) is 5.70. The van der Waals surface area contributed by atoms with Gasteiger partial charge >= 0.3 is 0 Å². The van der Waals surface area contributed by atoms with E-state index >= 15 is 0 Å². The summed E-state index contributed by atoms with van der Waals surface area (Å²) in [5, 5.41) is 0. The molecular weight excluding hydrogens is 360 g/mol. The monoisotopic (exact) mass is 381 g/mol. The van der Waals surface area contributed by atoms with Crippen molar-refractivity contribution in [3.8, 4) is 0 Å². The minimum absolute atomic E-state index is 0.128. The van der Waals surface area contributed by atoms with Crippen LogP contribution < -0.4 is 4.72 Å². The minimum Gasteiger partial charge on any atom is -0.381 e. The van der Waals surface area contributed by atoms with E-state index in [0.717, 1.165) is 5.56 Å². The number of nitrogens with one attached hydrogen (secondary N) is 1. The van der Waals surface area contributed by atoms with E-state index in [9.17, 15) is 17.2 Å². The number of sulfonamides is 1. The van der Waals surface area contributed by atoms with Crippen LogP contribution in [0.3, 0.4) is 0 Å². The summed E-state index contributed by atoms with van der Waals surface area (Å²) < 4.78 is 59.9. The van der Waals surface area contributed by atoms with Gasteiger partial charge in [-0.3, -0.25) is 0 Å². The van der Waals surface area contributed by atoms with Crippen LogP contribution in [0, 0.1) is 11.6 Å². The van der Waals surface area contributed by atoms with Crippen molar-refractivity contribution >= 4 is 10.0 Å². The van der Waals surface area contributed by atoms with E-state index in [1.807, 2.05) is 0 Å². The summed E-state index contributed by atoms with van der Waals surface area (Å²) in [6.07, 6.45) is 1.25. The van der Waals surface area contributed by atoms with Gasteiger partial charge in [0.2, 0.25) is 10.0 Å². The molecule has 2 aromatic rings. The van der Waals surface area contributed by atoms with E-state index in [1.165, 1.54) is 30.3 Å². The van der Waals surface area contributed by atoms with Gasteiger partial charge in [0.1, 0.15) is 11.6 Å². The molecule has 0 saturated carbocycles. The predicted molar refractivity (Wildman–Crippen MR) is 95.2 cm³/mol. The fourth-order valence-corrected chi connectivity index (χ4v) is 4.49. The lowest BCUT2D eigenvalue weighted by molar-refractivity contribution is 0.0517. The zero-order chi connectivity index (χ0) is 18.6. The van der Waals surface area contributed by atoms with Gasteiger partial charge in [-0.1, -0.05) is 30.3 Å². The normalized spacial score (nSPS) is 17.2. The Labute approximate surface area is 152 Å². The number of ether oxygens (including phenoxy) is 1. The Morgan fingerprint density at radius 2 is 1.65 bits per heavy atom. The fraction of sp³-hybridized carbons (Fsp3) is 0.368. The number of hydrogen-bond acceptors (Lipinski definition) is 3. The highest BCUT2D eigenvalue weighted by Crippen LogP contribution is 2.34. The molecule has 4 nitrogen and oxygen atoms in total. The summed E-state index contributed by atoms with van der Waals surface area (Å²) in [5.74, 6) is -1.30. The molecule has 0 bridgehead atoms. The average Bonchev–Trinajstić information content (AvgIpc) is 2.63. The first kappa shape index (κ1) is 18.9. The van der Waals surface area contributed by atoms with Crippen molar-refractivity contribution < 1.29 is 21.9 Å². The van der Waals surface area contributed by atoms with E-state index in [-0.39, 0.29) is 17.9 Å². The standard InChI is InChI=1S/C19H21F2NO3S/c20-17-7-5-16(6-8-17)19(9-11-25-12-10-19)14-22-26(23,24)13-15-3-1-2-4-18(15)21/h1-8,22H,9-14H2. The Balaban J connectivity index is 1.77. The maximum Gasteiger partial charge on any atom is 0.215 e. The summed E-state index contributed by atoms with van der Waals surface area (Å²) in [5.41, 5.74) is 0.535. The molecule has 140 valence electrons. The van der Waals surface area contributed by atoms with Gasteiger partial charge < -0.3 is 4.74 Å². The summed E-state index contributed by atoms with van der Waals surface area (Å²) >= 11 is 0. The Morgan fingerprint density at radius 1 is 1.00 bits per heavy atom. The molecule has 2 aromatic carbocycles. The third-order valence-electron chi connectivity index (χ3n) is 4.84. The molecule has 1 heterocycles. The quantitative estimate of drug-likeness (QED) is 0.836. The molecule has 0 unspecified atom stereocenters. The van der Waals surface area contributed by atoms with E-state index < -0.39 is 27.0 Å². The van der Waals surface area contributed by atoms with Crippen molar-refractivity contribution in [2.45, 2.75) is 24.0 Å². The first-order chi connectivity index (χ1) is 12.4. The molecule has 0 spiro atoms. The largest absolute Gasteiger partial charge is 0.381 e. The molecule has 0 aromatic heterocycles. The number of rotatable bonds is 6. The third-order valence-corrected chi connectivity index (χ3v) is 6.12. The summed E-state index contributed by atoms with van der Waals surface area (Å²) in [7, 11) is -3.72. The summed E-state index contributed by atoms with van der Waals surface area (Å²) in [6.45, 7) is 1.18. The van der Waals surface area contributed by atoms with Gasteiger partial charge in [-0.05, 0) is 36.6 Å². The third kappa shape index (κ3) is 4.47. The highest BCUT2D eigenvalue weighted by molar-refractivity contribution is 7.88. The SMILES string of the molecule is O=S(=O)(Cc1ccccc1F)NCC1(c2ccc(F)cc2)CCOCC1.